The van der Waals surface area contributed by atoms with Crippen molar-refractivity contribution in [2.75, 3.05) is 0 Å². The fourth-order valence-electron chi connectivity index (χ4n) is 1.70. The van der Waals surface area contributed by atoms with Gasteiger partial charge in [-0.3, -0.25) is 0 Å². The molecule has 3 unspecified atom stereocenters. The summed E-state index contributed by atoms with van der Waals surface area (Å²) in [6.45, 7) is 2.15. The Bertz CT molecular complexity index is 273. The minimum Gasteiger partial charge on any atom is -0.315 e. The summed E-state index contributed by atoms with van der Waals surface area (Å²) in [6.07, 6.45) is 0.0465. The summed E-state index contributed by atoms with van der Waals surface area (Å²) in [5.74, 6) is 0.419. The van der Waals surface area contributed by atoms with E-state index in [0.717, 1.165) is 0 Å². The first-order chi connectivity index (χ1) is 6.29. The highest BCUT2D eigenvalue weighted by Crippen LogP contribution is 2.25. The molecule has 13 heavy (non-hydrogen) atoms. The standard InChI is InChI=1S/C10H15N3/c1-7-9(12-13-10(7)11)8-5-3-2-4-6-8/h2-7,9-10,12-13H,11H2,1H3. The van der Waals surface area contributed by atoms with E-state index in [0.29, 0.717) is 12.0 Å². The fraction of sp³-hybridized carbons (Fsp3) is 0.400. The smallest absolute Gasteiger partial charge is 0.0723 e. The summed E-state index contributed by atoms with van der Waals surface area (Å²) in [5, 5.41) is 0. The number of benzene rings is 1. The van der Waals surface area contributed by atoms with Gasteiger partial charge in [-0.15, -0.1) is 0 Å². The Labute approximate surface area is 78.3 Å². The van der Waals surface area contributed by atoms with Crippen LogP contribution in [0, 0.1) is 5.92 Å². The molecular weight excluding hydrogens is 162 g/mol. The van der Waals surface area contributed by atoms with Crippen molar-refractivity contribution in [1.82, 2.24) is 10.9 Å². The quantitative estimate of drug-likeness (QED) is 0.593. The molecule has 3 nitrogen and oxygen atoms in total. The van der Waals surface area contributed by atoms with Gasteiger partial charge in [0.05, 0.1) is 12.2 Å². The second-order valence-electron chi connectivity index (χ2n) is 3.56. The number of nitrogens with one attached hydrogen (secondary N) is 2. The molecule has 70 valence electrons. The summed E-state index contributed by atoms with van der Waals surface area (Å²) in [6, 6.07) is 10.7. The largest absolute Gasteiger partial charge is 0.315 e. The minimum absolute atomic E-state index is 0.0465. The van der Waals surface area contributed by atoms with Crippen LogP contribution in [0.2, 0.25) is 0 Å². The van der Waals surface area contributed by atoms with Gasteiger partial charge in [-0.2, -0.15) is 0 Å². The van der Waals surface area contributed by atoms with Crippen LogP contribution in [0.3, 0.4) is 0 Å². The van der Waals surface area contributed by atoms with Crippen LogP contribution >= 0.6 is 0 Å². The van der Waals surface area contributed by atoms with E-state index in [-0.39, 0.29) is 6.17 Å². The van der Waals surface area contributed by atoms with Crippen LogP contribution in [-0.4, -0.2) is 6.17 Å². The maximum absolute atomic E-state index is 5.83. The van der Waals surface area contributed by atoms with E-state index < -0.39 is 0 Å². The van der Waals surface area contributed by atoms with Crippen molar-refractivity contribution in [3.8, 4) is 0 Å². The molecule has 0 spiro atoms. The molecule has 0 radical (unpaired) electrons. The molecule has 1 aromatic rings. The molecule has 4 N–H and O–H groups in total. The highest BCUT2D eigenvalue weighted by Gasteiger charge is 2.30. The maximum atomic E-state index is 5.83. The second kappa shape index (κ2) is 3.46. The van der Waals surface area contributed by atoms with Crippen molar-refractivity contribution in [2.45, 2.75) is 19.1 Å². The average molecular weight is 177 g/mol. The van der Waals surface area contributed by atoms with Gasteiger partial charge in [0.15, 0.2) is 0 Å². The molecule has 1 aliphatic heterocycles. The number of nitrogens with two attached hydrogens (primary N) is 1. The van der Waals surface area contributed by atoms with Crippen molar-refractivity contribution in [1.29, 1.82) is 0 Å². The normalized spacial score (nSPS) is 33.5. The van der Waals surface area contributed by atoms with Crippen LogP contribution in [0.15, 0.2) is 30.3 Å². The number of hydrazine groups is 1. The maximum Gasteiger partial charge on any atom is 0.0723 e. The Morgan fingerprint density at radius 1 is 1.15 bits per heavy atom. The topological polar surface area (TPSA) is 50.1 Å². The Kier molecular flexibility index (Phi) is 2.31. The molecule has 1 aliphatic rings. The van der Waals surface area contributed by atoms with Crippen LogP contribution in [0.4, 0.5) is 0 Å². The lowest BCUT2D eigenvalue weighted by Gasteiger charge is -2.15. The third-order valence-corrected chi connectivity index (χ3v) is 2.66. The van der Waals surface area contributed by atoms with Crippen molar-refractivity contribution in [2.24, 2.45) is 11.7 Å². The van der Waals surface area contributed by atoms with Crippen LogP contribution in [0.5, 0.6) is 0 Å². The Morgan fingerprint density at radius 3 is 2.38 bits per heavy atom. The number of rotatable bonds is 1. The van der Waals surface area contributed by atoms with Crippen molar-refractivity contribution >= 4 is 0 Å². The van der Waals surface area contributed by atoms with E-state index in [1.165, 1.54) is 5.56 Å². The summed E-state index contributed by atoms with van der Waals surface area (Å²) >= 11 is 0. The molecule has 3 heteroatoms. The molecule has 1 heterocycles. The highest BCUT2D eigenvalue weighted by molar-refractivity contribution is 5.20. The molecule has 0 aliphatic carbocycles. The van der Waals surface area contributed by atoms with E-state index in [2.05, 4.69) is 29.9 Å². The molecule has 0 amide bonds. The third kappa shape index (κ3) is 1.58. The summed E-state index contributed by atoms with van der Waals surface area (Å²) in [5.41, 5.74) is 13.4. The monoisotopic (exact) mass is 177 g/mol. The molecule has 0 aromatic heterocycles. The first-order valence-corrected chi connectivity index (χ1v) is 4.60. The average Bonchev–Trinajstić information content (AvgIpc) is 2.49. The van der Waals surface area contributed by atoms with Gasteiger partial charge in [0, 0.05) is 5.92 Å². The number of hydrogen-bond donors (Lipinski definition) is 3. The zero-order chi connectivity index (χ0) is 9.26. The zero-order valence-electron chi connectivity index (χ0n) is 7.70. The van der Waals surface area contributed by atoms with Crippen molar-refractivity contribution in [3.05, 3.63) is 35.9 Å². The van der Waals surface area contributed by atoms with Gasteiger partial charge in [-0.25, -0.2) is 10.9 Å². The van der Waals surface area contributed by atoms with E-state index in [4.69, 9.17) is 5.73 Å². The Balaban J connectivity index is 2.19. The van der Waals surface area contributed by atoms with E-state index in [9.17, 15) is 0 Å². The van der Waals surface area contributed by atoms with Gasteiger partial charge in [-0.05, 0) is 5.56 Å². The molecular formula is C10H15N3. The first kappa shape index (κ1) is 8.69. The highest BCUT2D eigenvalue weighted by atomic mass is 15.4. The van der Waals surface area contributed by atoms with E-state index in [1.54, 1.807) is 0 Å². The predicted molar refractivity (Wildman–Crippen MR) is 52.6 cm³/mol. The lowest BCUT2D eigenvalue weighted by Crippen LogP contribution is -2.38. The fourth-order valence-corrected chi connectivity index (χ4v) is 1.70. The van der Waals surface area contributed by atoms with Gasteiger partial charge in [-0.1, -0.05) is 37.3 Å². The first-order valence-electron chi connectivity index (χ1n) is 4.60. The van der Waals surface area contributed by atoms with Crippen molar-refractivity contribution < 1.29 is 0 Å². The molecule has 0 saturated carbocycles. The van der Waals surface area contributed by atoms with Crippen LogP contribution in [0.1, 0.15) is 18.5 Å². The van der Waals surface area contributed by atoms with Gasteiger partial charge < -0.3 is 5.73 Å². The molecule has 2 rings (SSSR count). The summed E-state index contributed by atoms with van der Waals surface area (Å²) in [4.78, 5) is 0. The lowest BCUT2D eigenvalue weighted by molar-refractivity contribution is 0.463. The Hall–Kier alpha value is -0.900. The SMILES string of the molecule is CC1C(N)NNC1c1ccccc1. The lowest BCUT2D eigenvalue weighted by atomic mass is 9.95. The van der Waals surface area contributed by atoms with Crippen LogP contribution in [0.25, 0.3) is 0 Å². The van der Waals surface area contributed by atoms with E-state index >= 15 is 0 Å². The summed E-state index contributed by atoms with van der Waals surface area (Å²) < 4.78 is 0. The predicted octanol–water partition coefficient (Wildman–Crippen LogP) is 0.756. The van der Waals surface area contributed by atoms with E-state index in [1.807, 2.05) is 18.2 Å². The number of hydrogen-bond acceptors (Lipinski definition) is 3. The second-order valence-corrected chi connectivity index (χ2v) is 3.56. The van der Waals surface area contributed by atoms with Gasteiger partial charge >= 0.3 is 0 Å². The summed E-state index contributed by atoms with van der Waals surface area (Å²) in [7, 11) is 0. The third-order valence-electron chi connectivity index (χ3n) is 2.66. The van der Waals surface area contributed by atoms with Crippen molar-refractivity contribution in [3.63, 3.8) is 0 Å². The molecule has 1 fully saturated rings. The Morgan fingerprint density at radius 2 is 1.85 bits per heavy atom. The van der Waals surface area contributed by atoms with Crippen LogP contribution in [-0.2, 0) is 0 Å². The van der Waals surface area contributed by atoms with Crippen LogP contribution < -0.4 is 16.6 Å². The molecule has 1 aromatic carbocycles. The van der Waals surface area contributed by atoms with Gasteiger partial charge in [0.25, 0.3) is 0 Å². The minimum atomic E-state index is 0.0465. The zero-order valence-corrected chi connectivity index (χ0v) is 7.70. The molecule has 3 atom stereocenters. The van der Waals surface area contributed by atoms with Gasteiger partial charge in [0.1, 0.15) is 0 Å². The van der Waals surface area contributed by atoms with Gasteiger partial charge in [0.2, 0.25) is 0 Å². The molecule has 1 saturated heterocycles. The molecule has 0 bridgehead atoms.